The lowest BCUT2D eigenvalue weighted by atomic mass is 10.1. The normalized spacial score (nSPS) is 10.3. The van der Waals surface area contributed by atoms with Crippen molar-refractivity contribution in [3.8, 4) is 5.75 Å². The minimum atomic E-state index is -0.149. The first-order valence-corrected chi connectivity index (χ1v) is 6.76. The SMILES string of the molecule is Cc1cccc(CCC(=O)Nc2cc(Cl)ccc2O)c1. The molecule has 0 heterocycles. The molecule has 2 aromatic rings. The lowest BCUT2D eigenvalue weighted by Gasteiger charge is -2.08. The summed E-state index contributed by atoms with van der Waals surface area (Å²) < 4.78 is 0. The fourth-order valence-electron chi connectivity index (χ4n) is 1.95. The molecule has 4 heteroatoms. The van der Waals surface area contributed by atoms with Gasteiger partial charge >= 0.3 is 0 Å². The standard InChI is InChI=1S/C16H16ClNO2/c1-11-3-2-4-12(9-11)5-8-16(20)18-14-10-13(17)6-7-15(14)19/h2-4,6-7,9-10,19H,5,8H2,1H3,(H,18,20). The van der Waals surface area contributed by atoms with E-state index in [-0.39, 0.29) is 11.7 Å². The first-order valence-electron chi connectivity index (χ1n) is 6.38. The second kappa shape index (κ2) is 6.44. The summed E-state index contributed by atoms with van der Waals surface area (Å²) in [5.74, 6) is -0.137. The van der Waals surface area contributed by atoms with E-state index in [1.807, 2.05) is 25.1 Å². The van der Waals surface area contributed by atoms with Gasteiger partial charge in [0.1, 0.15) is 5.75 Å². The van der Waals surface area contributed by atoms with E-state index in [0.29, 0.717) is 23.6 Å². The van der Waals surface area contributed by atoms with Gasteiger partial charge in [-0.1, -0.05) is 41.4 Å². The van der Waals surface area contributed by atoms with Gasteiger partial charge in [-0.25, -0.2) is 0 Å². The van der Waals surface area contributed by atoms with Crippen molar-refractivity contribution in [3.05, 3.63) is 58.6 Å². The highest BCUT2D eigenvalue weighted by Crippen LogP contribution is 2.26. The molecule has 20 heavy (non-hydrogen) atoms. The van der Waals surface area contributed by atoms with Gasteiger partial charge in [0.05, 0.1) is 5.69 Å². The molecule has 0 saturated carbocycles. The van der Waals surface area contributed by atoms with Gasteiger partial charge < -0.3 is 10.4 Å². The lowest BCUT2D eigenvalue weighted by Crippen LogP contribution is -2.12. The number of phenolic OH excluding ortho intramolecular Hbond substituents is 1. The fraction of sp³-hybridized carbons (Fsp3) is 0.188. The number of anilines is 1. The van der Waals surface area contributed by atoms with Crippen molar-refractivity contribution in [1.82, 2.24) is 0 Å². The van der Waals surface area contributed by atoms with Crippen LogP contribution in [0.2, 0.25) is 5.02 Å². The molecule has 0 atom stereocenters. The van der Waals surface area contributed by atoms with Crippen molar-refractivity contribution >= 4 is 23.2 Å². The van der Waals surface area contributed by atoms with Gasteiger partial charge in [0.2, 0.25) is 5.91 Å². The maximum absolute atomic E-state index is 11.9. The number of hydrogen-bond donors (Lipinski definition) is 2. The van der Waals surface area contributed by atoms with Crippen LogP contribution in [0.25, 0.3) is 0 Å². The lowest BCUT2D eigenvalue weighted by molar-refractivity contribution is -0.116. The summed E-state index contributed by atoms with van der Waals surface area (Å²) in [4.78, 5) is 11.9. The Morgan fingerprint density at radius 3 is 2.80 bits per heavy atom. The number of carbonyl (C=O) groups excluding carboxylic acids is 1. The third-order valence-corrected chi connectivity index (χ3v) is 3.19. The molecular weight excluding hydrogens is 274 g/mol. The van der Waals surface area contributed by atoms with Crippen molar-refractivity contribution < 1.29 is 9.90 Å². The summed E-state index contributed by atoms with van der Waals surface area (Å²) >= 11 is 5.83. The van der Waals surface area contributed by atoms with Crippen molar-refractivity contribution in [1.29, 1.82) is 0 Å². The smallest absolute Gasteiger partial charge is 0.224 e. The molecule has 0 fully saturated rings. The van der Waals surface area contributed by atoms with E-state index in [9.17, 15) is 9.90 Å². The number of nitrogens with one attached hydrogen (secondary N) is 1. The van der Waals surface area contributed by atoms with E-state index in [2.05, 4.69) is 11.4 Å². The molecular formula is C16H16ClNO2. The van der Waals surface area contributed by atoms with Gasteiger partial charge in [0, 0.05) is 11.4 Å². The largest absolute Gasteiger partial charge is 0.506 e. The van der Waals surface area contributed by atoms with Crippen LogP contribution in [0, 0.1) is 6.92 Å². The third kappa shape index (κ3) is 4.00. The van der Waals surface area contributed by atoms with Gasteiger partial charge in [0.25, 0.3) is 0 Å². The fourth-order valence-corrected chi connectivity index (χ4v) is 2.12. The Kier molecular flexibility index (Phi) is 4.64. The number of carbonyl (C=O) groups is 1. The number of rotatable bonds is 4. The molecule has 104 valence electrons. The van der Waals surface area contributed by atoms with Gasteiger partial charge in [-0.3, -0.25) is 4.79 Å². The van der Waals surface area contributed by atoms with Crippen molar-refractivity contribution in [2.45, 2.75) is 19.8 Å². The Morgan fingerprint density at radius 1 is 1.25 bits per heavy atom. The van der Waals surface area contributed by atoms with Crippen molar-refractivity contribution in [2.75, 3.05) is 5.32 Å². The van der Waals surface area contributed by atoms with Crippen LogP contribution in [0.4, 0.5) is 5.69 Å². The van der Waals surface area contributed by atoms with Crippen molar-refractivity contribution in [3.63, 3.8) is 0 Å². The zero-order chi connectivity index (χ0) is 14.5. The number of halogens is 1. The maximum atomic E-state index is 11.9. The Morgan fingerprint density at radius 2 is 2.05 bits per heavy atom. The van der Waals surface area contributed by atoms with E-state index in [0.717, 1.165) is 5.56 Å². The molecule has 0 aliphatic heterocycles. The summed E-state index contributed by atoms with van der Waals surface area (Å²) in [5, 5.41) is 12.8. The molecule has 2 rings (SSSR count). The predicted octanol–water partition coefficient (Wildman–Crippen LogP) is 3.93. The molecule has 0 spiro atoms. The first kappa shape index (κ1) is 14.4. The molecule has 1 amide bonds. The van der Waals surface area contributed by atoms with Crippen LogP contribution in [-0.2, 0) is 11.2 Å². The van der Waals surface area contributed by atoms with Crippen LogP contribution in [-0.4, -0.2) is 11.0 Å². The quantitative estimate of drug-likeness (QED) is 0.838. The molecule has 0 aromatic heterocycles. The van der Waals surface area contributed by atoms with E-state index < -0.39 is 0 Å². The molecule has 0 unspecified atom stereocenters. The van der Waals surface area contributed by atoms with Crippen molar-refractivity contribution in [2.24, 2.45) is 0 Å². The van der Waals surface area contributed by atoms with Gasteiger partial charge in [-0.2, -0.15) is 0 Å². The zero-order valence-corrected chi connectivity index (χ0v) is 11.9. The summed E-state index contributed by atoms with van der Waals surface area (Å²) in [5.41, 5.74) is 2.64. The summed E-state index contributed by atoms with van der Waals surface area (Å²) in [6, 6.07) is 12.6. The van der Waals surface area contributed by atoms with Gasteiger partial charge in [-0.15, -0.1) is 0 Å². The molecule has 0 bridgehead atoms. The summed E-state index contributed by atoms with van der Waals surface area (Å²) in [7, 11) is 0. The number of aromatic hydroxyl groups is 1. The topological polar surface area (TPSA) is 49.3 Å². The van der Waals surface area contributed by atoms with Gasteiger partial charge in [-0.05, 0) is 37.1 Å². The number of aryl methyl sites for hydroxylation is 2. The number of amides is 1. The molecule has 0 aliphatic carbocycles. The highest BCUT2D eigenvalue weighted by molar-refractivity contribution is 6.31. The molecule has 0 radical (unpaired) electrons. The zero-order valence-electron chi connectivity index (χ0n) is 11.2. The van der Waals surface area contributed by atoms with Gasteiger partial charge in [0.15, 0.2) is 0 Å². The summed E-state index contributed by atoms with van der Waals surface area (Å²) in [6.07, 6.45) is 1.02. The number of hydrogen-bond acceptors (Lipinski definition) is 2. The predicted molar refractivity (Wildman–Crippen MR) is 81.2 cm³/mol. The molecule has 0 aliphatic rings. The maximum Gasteiger partial charge on any atom is 0.224 e. The Hall–Kier alpha value is -2.00. The summed E-state index contributed by atoms with van der Waals surface area (Å²) in [6.45, 7) is 2.02. The van der Waals surface area contributed by atoms with Crippen LogP contribution < -0.4 is 5.32 Å². The molecule has 2 N–H and O–H groups in total. The molecule has 3 nitrogen and oxygen atoms in total. The van der Waals surface area contributed by atoms with E-state index in [1.165, 1.54) is 17.7 Å². The average Bonchev–Trinajstić information content (AvgIpc) is 2.41. The Labute approximate surface area is 123 Å². The second-order valence-corrected chi connectivity index (χ2v) is 5.14. The molecule has 0 saturated heterocycles. The molecule has 2 aromatic carbocycles. The van der Waals surface area contributed by atoms with Crippen LogP contribution in [0.1, 0.15) is 17.5 Å². The Balaban J connectivity index is 1.94. The highest BCUT2D eigenvalue weighted by Gasteiger charge is 2.07. The van der Waals surface area contributed by atoms with Crippen LogP contribution >= 0.6 is 11.6 Å². The Bertz CT molecular complexity index is 626. The minimum Gasteiger partial charge on any atom is -0.506 e. The number of phenols is 1. The van der Waals surface area contributed by atoms with E-state index in [4.69, 9.17) is 11.6 Å². The van der Waals surface area contributed by atoms with Crippen LogP contribution in [0.3, 0.4) is 0 Å². The highest BCUT2D eigenvalue weighted by atomic mass is 35.5. The first-order chi connectivity index (χ1) is 9.54. The van der Waals surface area contributed by atoms with E-state index in [1.54, 1.807) is 6.07 Å². The third-order valence-electron chi connectivity index (χ3n) is 2.96. The van der Waals surface area contributed by atoms with Crippen LogP contribution in [0.15, 0.2) is 42.5 Å². The average molecular weight is 290 g/mol. The van der Waals surface area contributed by atoms with Crippen LogP contribution in [0.5, 0.6) is 5.75 Å². The second-order valence-electron chi connectivity index (χ2n) is 4.70. The number of benzene rings is 2. The minimum absolute atomic E-state index is 0.0123. The van der Waals surface area contributed by atoms with E-state index >= 15 is 0 Å². The monoisotopic (exact) mass is 289 g/mol.